The summed E-state index contributed by atoms with van der Waals surface area (Å²) in [6.07, 6.45) is 1.84. The van der Waals surface area contributed by atoms with E-state index in [1.54, 1.807) is 0 Å². The molecule has 82 valence electrons. The molecule has 0 amide bonds. The van der Waals surface area contributed by atoms with E-state index in [-0.39, 0.29) is 0 Å². The molecule has 0 aliphatic heterocycles. The highest BCUT2D eigenvalue weighted by Crippen LogP contribution is 2.36. The third-order valence-corrected chi connectivity index (χ3v) is 4.03. The van der Waals surface area contributed by atoms with Crippen LogP contribution in [0, 0.1) is 0 Å². The second kappa shape index (κ2) is 5.26. The van der Waals surface area contributed by atoms with Gasteiger partial charge in [0.1, 0.15) is 0 Å². The van der Waals surface area contributed by atoms with Crippen molar-refractivity contribution < 1.29 is 0 Å². The van der Waals surface area contributed by atoms with Crippen molar-refractivity contribution in [2.24, 2.45) is 0 Å². The summed E-state index contributed by atoms with van der Waals surface area (Å²) in [4.78, 5) is 4.70. The summed E-state index contributed by atoms with van der Waals surface area (Å²) in [6.45, 7) is 2.19. The van der Waals surface area contributed by atoms with E-state index in [1.807, 2.05) is 24.4 Å². The van der Waals surface area contributed by atoms with Gasteiger partial charge < -0.3 is 0 Å². The summed E-state index contributed by atoms with van der Waals surface area (Å²) in [5.41, 5.74) is 2.41. The number of alkyl halides is 1. The zero-order valence-electron chi connectivity index (χ0n) is 9.18. The molecule has 0 aliphatic carbocycles. The molecule has 0 saturated heterocycles. The van der Waals surface area contributed by atoms with Crippen molar-refractivity contribution in [3.63, 3.8) is 0 Å². The molecule has 1 nitrogen and oxygen atoms in total. The molecule has 0 bridgehead atoms. The van der Waals surface area contributed by atoms with Crippen molar-refractivity contribution in [1.82, 2.24) is 4.98 Å². The van der Waals surface area contributed by atoms with Crippen LogP contribution in [0.15, 0.2) is 54.7 Å². The third-order valence-electron chi connectivity index (χ3n) is 2.71. The Bertz CT molecular complexity index is 384. The minimum Gasteiger partial charge on any atom is -0.261 e. The van der Waals surface area contributed by atoms with Gasteiger partial charge >= 0.3 is 0 Å². The molecule has 1 aromatic carbocycles. The number of benzene rings is 1. The van der Waals surface area contributed by atoms with Crippen LogP contribution in [0.4, 0.5) is 0 Å². The Morgan fingerprint density at radius 3 is 2.31 bits per heavy atom. The molecule has 1 heterocycles. The predicted molar refractivity (Wildman–Crippen MR) is 70.8 cm³/mol. The van der Waals surface area contributed by atoms with Crippen molar-refractivity contribution in [2.75, 3.05) is 0 Å². The summed E-state index contributed by atoms with van der Waals surface area (Å²) in [5, 5.41) is 0. The quantitative estimate of drug-likeness (QED) is 0.761. The van der Waals surface area contributed by atoms with Crippen molar-refractivity contribution in [3.05, 3.63) is 66.0 Å². The van der Waals surface area contributed by atoms with Crippen LogP contribution in [0.25, 0.3) is 0 Å². The fourth-order valence-corrected chi connectivity index (χ4v) is 2.30. The first-order valence-electron chi connectivity index (χ1n) is 5.39. The third kappa shape index (κ3) is 2.50. The summed E-state index contributed by atoms with van der Waals surface area (Å²) in [5.74, 6) is 0.364. The van der Waals surface area contributed by atoms with Gasteiger partial charge in [-0.3, -0.25) is 4.98 Å². The smallest absolute Gasteiger partial charge is 0.0476 e. The van der Waals surface area contributed by atoms with E-state index >= 15 is 0 Å². The van der Waals surface area contributed by atoms with Gasteiger partial charge in [-0.25, -0.2) is 0 Å². The molecule has 1 aromatic heterocycles. The highest BCUT2D eigenvalue weighted by Gasteiger charge is 2.18. The maximum Gasteiger partial charge on any atom is 0.0476 e. The van der Waals surface area contributed by atoms with E-state index in [9.17, 15) is 0 Å². The van der Waals surface area contributed by atoms with Crippen molar-refractivity contribution in [2.45, 2.75) is 17.7 Å². The molecule has 0 N–H and O–H groups in total. The van der Waals surface area contributed by atoms with Crippen molar-refractivity contribution in [3.8, 4) is 0 Å². The van der Waals surface area contributed by atoms with Crippen LogP contribution >= 0.6 is 15.9 Å². The lowest BCUT2D eigenvalue weighted by Crippen LogP contribution is -2.03. The number of hydrogen-bond acceptors (Lipinski definition) is 1. The molecule has 0 aliphatic rings. The van der Waals surface area contributed by atoms with Gasteiger partial charge in [-0.2, -0.15) is 0 Å². The molecular weight excluding hydrogens is 262 g/mol. The first-order chi connectivity index (χ1) is 7.79. The largest absolute Gasteiger partial charge is 0.261 e. The molecule has 2 rings (SSSR count). The van der Waals surface area contributed by atoms with E-state index in [1.165, 1.54) is 5.56 Å². The van der Waals surface area contributed by atoms with Gasteiger partial charge in [0.2, 0.25) is 0 Å². The fraction of sp³-hybridized carbons (Fsp3) is 0.214. The Balaban J connectivity index is 2.20. The van der Waals surface area contributed by atoms with Crippen LogP contribution in [0.2, 0.25) is 0 Å². The van der Waals surface area contributed by atoms with Crippen LogP contribution in [0.5, 0.6) is 0 Å². The minimum atomic E-state index is 0.309. The van der Waals surface area contributed by atoms with Crippen LogP contribution < -0.4 is 0 Å². The first-order valence-corrected chi connectivity index (χ1v) is 6.30. The number of rotatable bonds is 3. The maximum atomic E-state index is 4.40. The topological polar surface area (TPSA) is 12.9 Å². The van der Waals surface area contributed by atoms with E-state index < -0.39 is 0 Å². The van der Waals surface area contributed by atoms with Gasteiger partial charge in [0.15, 0.2) is 0 Å². The molecule has 2 atom stereocenters. The van der Waals surface area contributed by atoms with Crippen molar-refractivity contribution >= 4 is 15.9 Å². The van der Waals surface area contributed by atoms with Gasteiger partial charge in [-0.15, -0.1) is 0 Å². The summed E-state index contributed by atoms with van der Waals surface area (Å²) >= 11 is 3.75. The number of pyridine rings is 1. The SMILES string of the molecule is CC(c1ccccn1)C(Br)c1ccccc1. The highest BCUT2D eigenvalue weighted by atomic mass is 79.9. The van der Waals surface area contributed by atoms with E-state index in [4.69, 9.17) is 0 Å². The average Bonchev–Trinajstić information content (AvgIpc) is 2.39. The number of hydrogen-bond donors (Lipinski definition) is 0. The molecule has 2 aromatic rings. The molecule has 0 spiro atoms. The highest BCUT2D eigenvalue weighted by molar-refractivity contribution is 9.09. The summed E-state index contributed by atoms with van der Waals surface area (Å²) in [7, 11) is 0. The van der Waals surface area contributed by atoms with Gasteiger partial charge in [-0.1, -0.05) is 59.3 Å². The number of nitrogens with zero attached hydrogens (tertiary/aromatic N) is 1. The van der Waals surface area contributed by atoms with Crippen molar-refractivity contribution in [1.29, 1.82) is 0 Å². The Kier molecular flexibility index (Phi) is 3.73. The Labute approximate surface area is 105 Å². The van der Waals surface area contributed by atoms with Crippen LogP contribution in [0.3, 0.4) is 0 Å². The van der Waals surface area contributed by atoms with Gasteiger partial charge in [0.25, 0.3) is 0 Å². The lowest BCUT2D eigenvalue weighted by Gasteiger charge is -2.18. The zero-order valence-corrected chi connectivity index (χ0v) is 10.8. The van der Waals surface area contributed by atoms with Crippen LogP contribution in [-0.4, -0.2) is 4.98 Å². The van der Waals surface area contributed by atoms with E-state index in [0.717, 1.165) is 5.69 Å². The zero-order chi connectivity index (χ0) is 11.4. The lowest BCUT2D eigenvalue weighted by atomic mass is 9.97. The van der Waals surface area contributed by atoms with Gasteiger partial charge in [0, 0.05) is 22.6 Å². The molecular formula is C14H14BrN. The molecule has 0 radical (unpaired) electrons. The van der Waals surface area contributed by atoms with Gasteiger partial charge in [-0.05, 0) is 17.7 Å². The van der Waals surface area contributed by atoms with Crippen LogP contribution in [0.1, 0.15) is 28.9 Å². The van der Waals surface area contributed by atoms with E-state index in [0.29, 0.717) is 10.7 Å². The fourth-order valence-electron chi connectivity index (χ4n) is 1.72. The first kappa shape index (κ1) is 11.3. The number of aromatic nitrogens is 1. The monoisotopic (exact) mass is 275 g/mol. The Hall–Kier alpha value is -1.15. The molecule has 2 unspecified atom stereocenters. The molecule has 0 saturated carbocycles. The molecule has 16 heavy (non-hydrogen) atoms. The number of halogens is 1. The Morgan fingerprint density at radius 2 is 1.69 bits per heavy atom. The normalized spacial score (nSPS) is 14.4. The second-order valence-electron chi connectivity index (χ2n) is 3.86. The molecule has 2 heteroatoms. The summed E-state index contributed by atoms with van der Waals surface area (Å²) < 4.78 is 0. The summed E-state index contributed by atoms with van der Waals surface area (Å²) in [6, 6.07) is 16.5. The lowest BCUT2D eigenvalue weighted by molar-refractivity contribution is 0.724. The van der Waals surface area contributed by atoms with Gasteiger partial charge in [0.05, 0.1) is 0 Å². The predicted octanol–water partition coefficient (Wildman–Crippen LogP) is 4.32. The standard InChI is InChI=1S/C14H14BrN/c1-11(13-9-5-6-10-16-13)14(15)12-7-3-2-4-8-12/h2-11,14H,1H3. The van der Waals surface area contributed by atoms with E-state index in [2.05, 4.69) is 58.2 Å². The second-order valence-corrected chi connectivity index (χ2v) is 4.84. The Morgan fingerprint density at radius 1 is 1.00 bits per heavy atom. The minimum absolute atomic E-state index is 0.309. The van der Waals surface area contributed by atoms with Crippen LogP contribution in [-0.2, 0) is 0 Å². The average molecular weight is 276 g/mol. The maximum absolute atomic E-state index is 4.40. The molecule has 0 fully saturated rings.